The second-order valence-electron chi connectivity index (χ2n) is 7.37. The van der Waals surface area contributed by atoms with Crippen LogP contribution in [-0.4, -0.2) is 35.7 Å². The lowest BCUT2D eigenvalue weighted by Gasteiger charge is -2.16. The lowest BCUT2D eigenvalue weighted by Crippen LogP contribution is -2.05. The summed E-state index contributed by atoms with van der Waals surface area (Å²) >= 11 is 0. The third kappa shape index (κ3) is 6.22. The molecule has 0 aliphatic heterocycles. The fourth-order valence-electron chi connectivity index (χ4n) is 3.36. The van der Waals surface area contributed by atoms with E-state index in [1.165, 1.54) is 12.1 Å². The molecule has 0 radical (unpaired) electrons. The van der Waals surface area contributed by atoms with Gasteiger partial charge < -0.3 is 25.7 Å². The number of aromatic nitrogens is 2. The molecular weight excluding hydrogens is 426 g/mol. The van der Waals surface area contributed by atoms with Crippen LogP contribution in [0.1, 0.15) is 29.5 Å². The molecule has 0 atom stereocenters. The van der Waals surface area contributed by atoms with Crippen molar-refractivity contribution < 1.29 is 19.1 Å². The quantitative estimate of drug-likeness (QED) is 0.252. The van der Waals surface area contributed by atoms with Gasteiger partial charge in [0.05, 0.1) is 25.7 Å². The zero-order valence-corrected chi connectivity index (χ0v) is 18.6. The minimum absolute atomic E-state index is 0.0938. The summed E-state index contributed by atoms with van der Waals surface area (Å²) in [4.78, 5) is 18.3. The number of nitrogens with zero attached hydrogens (tertiary/aromatic N) is 3. The molecule has 0 saturated carbocycles. The van der Waals surface area contributed by atoms with Crippen molar-refractivity contribution in [3.05, 3.63) is 69.4 Å². The number of ether oxygens (including phenoxy) is 3. The number of aryl methyl sites for hydroxylation is 1. The molecule has 0 aliphatic rings. The molecule has 10 nitrogen and oxygen atoms in total. The molecule has 1 aromatic heterocycles. The molecule has 0 saturated heterocycles. The molecule has 0 bridgehead atoms. The molecule has 0 unspecified atom stereocenters. The Morgan fingerprint density at radius 2 is 1.67 bits per heavy atom. The van der Waals surface area contributed by atoms with Gasteiger partial charge >= 0.3 is 0 Å². The molecule has 174 valence electrons. The van der Waals surface area contributed by atoms with Gasteiger partial charge in [0, 0.05) is 30.3 Å². The van der Waals surface area contributed by atoms with E-state index in [9.17, 15) is 10.1 Å². The topological polar surface area (TPSA) is 149 Å². The summed E-state index contributed by atoms with van der Waals surface area (Å²) in [6.45, 7) is 0.470. The van der Waals surface area contributed by atoms with E-state index in [4.69, 9.17) is 25.7 Å². The number of hydrogen-bond donors (Lipinski definition) is 2. The van der Waals surface area contributed by atoms with E-state index in [0.717, 1.165) is 36.0 Å². The second kappa shape index (κ2) is 11.0. The van der Waals surface area contributed by atoms with Crippen molar-refractivity contribution in [1.82, 2.24) is 9.97 Å². The Balaban J connectivity index is 1.60. The standard InChI is InChI=1S/C23H27N5O5/c1-31-19-12-16(11-17-14-26-23(25)27-22(17)24)13-20(32-2)21(19)33-10-4-3-5-15-6-8-18(9-7-15)28(29)30/h6-9,12-14H,3-5,10-11H2,1-2H3,(H4,24,25,26,27). The predicted octanol–water partition coefficient (Wildman–Crippen LogP) is 3.56. The number of hydrogen-bond acceptors (Lipinski definition) is 9. The lowest BCUT2D eigenvalue weighted by molar-refractivity contribution is -0.384. The van der Waals surface area contributed by atoms with Crippen molar-refractivity contribution in [2.75, 3.05) is 32.3 Å². The first-order valence-corrected chi connectivity index (χ1v) is 10.4. The first-order valence-electron chi connectivity index (χ1n) is 10.4. The highest BCUT2D eigenvalue weighted by Gasteiger charge is 2.16. The maximum Gasteiger partial charge on any atom is 0.269 e. The number of nitrogens with two attached hydrogens (primary N) is 2. The van der Waals surface area contributed by atoms with Crippen LogP contribution in [0.4, 0.5) is 17.5 Å². The highest BCUT2D eigenvalue weighted by molar-refractivity contribution is 5.55. The smallest absolute Gasteiger partial charge is 0.269 e. The minimum Gasteiger partial charge on any atom is -0.493 e. The van der Waals surface area contributed by atoms with E-state index in [1.54, 1.807) is 32.5 Å². The Labute approximate surface area is 191 Å². The first kappa shape index (κ1) is 23.6. The van der Waals surface area contributed by atoms with Crippen molar-refractivity contribution in [1.29, 1.82) is 0 Å². The molecule has 0 fully saturated rings. The summed E-state index contributed by atoms with van der Waals surface area (Å²) in [5.41, 5.74) is 14.3. The van der Waals surface area contributed by atoms with Crippen LogP contribution in [-0.2, 0) is 12.8 Å². The Morgan fingerprint density at radius 1 is 1.00 bits per heavy atom. The maximum absolute atomic E-state index is 10.7. The van der Waals surface area contributed by atoms with Crippen LogP contribution >= 0.6 is 0 Å². The number of nitrogen functional groups attached to an aromatic ring is 2. The summed E-state index contributed by atoms with van der Waals surface area (Å²) in [5.74, 6) is 2.09. The second-order valence-corrected chi connectivity index (χ2v) is 7.37. The van der Waals surface area contributed by atoms with Crippen LogP contribution in [0.2, 0.25) is 0 Å². The van der Waals surface area contributed by atoms with E-state index < -0.39 is 4.92 Å². The summed E-state index contributed by atoms with van der Waals surface area (Å²) in [5, 5.41) is 10.7. The van der Waals surface area contributed by atoms with Crippen molar-refractivity contribution in [3.8, 4) is 17.2 Å². The number of nitro groups is 1. The van der Waals surface area contributed by atoms with E-state index in [2.05, 4.69) is 9.97 Å². The zero-order valence-electron chi connectivity index (χ0n) is 18.6. The van der Waals surface area contributed by atoms with Gasteiger partial charge in [0.2, 0.25) is 11.7 Å². The summed E-state index contributed by atoms with van der Waals surface area (Å²) in [6.07, 6.45) is 4.56. The summed E-state index contributed by atoms with van der Waals surface area (Å²) in [6, 6.07) is 10.3. The minimum atomic E-state index is -0.401. The number of benzene rings is 2. The van der Waals surface area contributed by atoms with E-state index in [-0.39, 0.29) is 11.6 Å². The highest BCUT2D eigenvalue weighted by Crippen LogP contribution is 2.39. The largest absolute Gasteiger partial charge is 0.493 e. The van der Waals surface area contributed by atoms with Gasteiger partial charge in [-0.15, -0.1) is 0 Å². The Kier molecular flexibility index (Phi) is 7.85. The monoisotopic (exact) mass is 453 g/mol. The Hall–Kier alpha value is -4.08. The van der Waals surface area contributed by atoms with Gasteiger partial charge in [-0.1, -0.05) is 12.1 Å². The highest BCUT2D eigenvalue weighted by atomic mass is 16.6. The van der Waals surface area contributed by atoms with Crippen LogP contribution in [0.15, 0.2) is 42.6 Å². The molecule has 10 heteroatoms. The molecule has 2 aromatic carbocycles. The molecule has 4 N–H and O–H groups in total. The van der Waals surface area contributed by atoms with Crippen LogP contribution in [0.3, 0.4) is 0 Å². The third-order valence-corrected chi connectivity index (χ3v) is 5.08. The molecule has 3 rings (SSSR count). The van der Waals surface area contributed by atoms with E-state index in [0.29, 0.717) is 36.1 Å². The average molecular weight is 453 g/mol. The number of methoxy groups -OCH3 is 2. The van der Waals surface area contributed by atoms with Gasteiger partial charge in [-0.05, 0) is 42.5 Å². The normalized spacial score (nSPS) is 10.6. The van der Waals surface area contributed by atoms with Crippen molar-refractivity contribution in [2.45, 2.75) is 25.7 Å². The van der Waals surface area contributed by atoms with Gasteiger partial charge in [-0.2, -0.15) is 4.98 Å². The van der Waals surface area contributed by atoms with Crippen LogP contribution in [0.5, 0.6) is 17.2 Å². The first-order chi connectivity index (χ1) is 15.9. The fraction of sp³-hybridized carbons (Fsp3) is 0.304. The summed E-state index contributed by atoms with van der Waals surface area (Å²) in [7, 11) is 3.14. The number of rotatable bonds is 11. The van der Waals surface area contributed by atoms with Crippen LogP contribution in [0, 0.1) is 10.1 Å². The van der Waals surface area contributed by atoms with E-state index >= 15 is 0 Å². The maximum atomic E-state index is 10.7. The SMILES string of the molecule is COc1cc(Cc2cnc(N)nc2N)cc(OC)c1OCCCCc1ccc([N+](=O)[O-])cc1. The van der Waals surface area contributed by atoms with Crippen molar-refractivity contribution in [2.24, 2.45) is 0 Å². The number of non-ortho nitro benzene ring substituents is 1. The molecule has 1 heterocycles. The predicted molar refractivity (Wildman–Crippen MR) is 125 cm³/mol. The van der Waals surface area contributed by atoms with Crippen molar-refractivity contribution in [3.63, 3.8) is 0 Å². The molecule has 0 aliphatic carbocycles. The average Bonchev–Trinajstić information content (AvgIpc) is 2.81. The number of anilines is 2. The van der Waals surface area contributed by atoms with E-state index in [1.807, 2.05) is 12.1 Å². The molecule has 0 amide bonds. The van der Waals surface area contributed by atoms with Gasteiger partial charge in [0.1, 0.15) is 5.82 Å². The van der Waals surface area contributed by atoms with Gasteiger partial charge in [-0.25, -0.2) is 4.98 Å². The fourth-order valence-corrected chi connectivity index (χ4v) is 3.36. The van der Waals surface area contributed by atoms with Crippen LogP contribution < -0.4 is 25.7 Å². The molecular formula is C23H27N5O5. The summed E-state index contributed by atoms with van der Waals surface area (Å²) < 4.78 is 17.0. The van der Waals surface area contributed by atoms with Crippen LogP contribution in [0.25, 0.3) is 0 Å². The lowest BCUT2D eigenvalue weighted by atomic mass is 10.1. The molecule has 33 heavy (non-hydrogen) atoms. The van der Waals surface area contributed by atoms with Gasteiger partial charge in [0.15, 0.2) is 11.5 Å². The Morgan fingerprint density at radius 3 is 2.24 bits per heavy atom. The molecule has 3 aromatic rings. The molecule has 0 spiro atoms. The Bertz CT molecular complexity index is 1080. The van der Waals surface area contributed by atoms with Crippen molar-refractivity contribution >= 4 is 17.5 Å². The zero-order chi connectivity index (χ0) is 23.8. The third-order valence-electron chi connectivity index (χ3n) is 5.08. The number of nitro benzene ring substituents is 1. The van der Waals surface area contributed by atoms with Gasteiger partial charge in [-0.3, -0.25) is 10.1 Å². The van der Waals surface area contributed by atoms with Gasteiger partial charge in [0.25, 0.3) is 5.69 Å². The number of unbranched alkanes of at least 4 members (excludes halogenated alkanes) is 1.